The van der Waals surface area contributed by atoms with E-state index in [0.29, 0.717) is 0 Å². The van der Waals surface area contributed by atoms with Gasteiger partial charge in [-0.05, 0) is 21.5 Å². The molecule has 4 aromatic rings. The Kier molecular flexibility index (Phi) is 4.14. The number of benzene rings is 4. The smallest absolute Gasteiger partial charge is 0.194 e. The van der Waals surface area contributed by atoms with E-state index in [0.717, 1.165) is 32.7 Å². The van der Waals surface area contributed by atoms with E-state index in [1.165, 1.54) is 0 Å². The molecule has 0 heterocycles. The molecule has 0 unspecified atom stereocenters. The summed E-state index contributed by atoms with van der Waals surface area (Å²) in [5, 5.41) is 4.19. The first-order valence-corrected chi connectivity index (χ1v) is 7.35. The number of hydrogen-bond donors (Lipinski definition) is 0. The summed E-state index contributed by atoms with van der Waals surface area (Å²) in [5.74, 6) is 0.0774. The summed E-state index contributed by atoms with van der Waals surface area (Å²) in [6, 6.07) is 27.8. The highest BCUT2D eigenvalue weighted by molar-refractivity contribution is 6.21. The predicted molar refractivity (Wildman–Crippen MR) is 98.6 cm³/mol. The summed E-state index contributed by atoms with van der Waals surface area (Å²) in [7, 11) is 0. The van der Waals surface area contributed by atoms with Crippen molar-refractivity contribution in [3.63, 3.8) is 0 Å². The van der Waals surface area contributed by atoms with Gasteiger partial charge in [0.2, 0.25) is 0 Å². The van der Waals surface area contributed by atoms with Gasteiger partial charge in [-0.2, -0.15) is 0 Å². The van der Waals surface area contributed by atoms with Crippen LogP contribution < -0.4 is 0 Å². The minimum absolute atomic E-state index is 0. The molecule has 0 saturated carbocycles. The molecule has 1 nitrogen and oxygen atoms in total. The van der Waals surface area contributed by atoms with Crippen molar-refractivity contribution in [3.8, 4) is 0 Å². The van der Waals surface area contributed by atoms with Gasteiger partial charge in [0.25, 0.3) is 0 Å². The quantitative estimate of drug-likeness (QED) is 0.437. The highest BCUT2D eigenvalue weighted by Gasteiger charge is 2.14. The number of carbonyl (C=O) groups is 1. The largest absolute Gasteiger partial charge is 0.289 e. The highest BCUT2D eigenvalue weighted by atomic mass is 35.5. The zero-order valence-electron chi connectivity index (χ0n) is 12.4. The third-order valence-electron chi connectivity index (χ3n) is 4.07. The Morgan fingerprint density at radius 1 is 0.522 bits per heavy atom. The van der Waals surface area contributed by atoms with Crippen LogP contribution in [0.2, 0.25) is 0 Å². The lowest BCUT2D eigenvalue weighted by atomic mass is 9.94. The summed E-state index contributed by atoms with van der Waals surface area (Å²) in [4.78, 5) is 13.1. The normalized spacial score (nSPS) is 10.4. The van der Waals surface area contributed by atoms with E-state index in [1.54, 1.807) is 0 Å². The van der Waals surface area contributed by atoms with Crippen LogP contribution >= 0.6 is 12.4 Å². The van der Waals surface area contributed by atoms with E-state index in [2.05, 4.69) is 0 Å². The van der Waals surface area contributed by atoms with E-state index in [4.69, 9.17) is 0 Å². The van der Waals surface area contributed by atoms with Crippen molar-refractivity contribution in [3.05, 3.63) is 96.1 Å². The number of ketones is 1. The Morgan fingerprint density at radius 3 is 1.39 bits per heavy atom. The molecule has 0 fully saturated rings. The lowest BCUT2D eigenvalue weighted by molar-refractivity contribution is 0.104. The molecule has 4 aromatic carbocycles. The Labute approximate surface area is 141 Å². The maximum absolute atomic E-state index is 13.1. The third-order valence-corrected chi connectivity index (χ3v) is 4.07. The number of carbonyl (C=O) groups excluding carboxylic acids is 1. The van der Waals surface area contributed by atoms with Crippen molar-refractivity contribution in [2.45, 2.75) is 0 Å². The van der Waals surface area contributed by atoms with Crippen molar-refractivity contribution in [1.29, 1.82) is 0 Å². The Balaban J connectivity index is 0.00000156. The number of fused-ring (bicyclic) bond motifs is 2. The first-order valence-electron chi connectivity index (χ1n) is 7.35. The van der Waals surface area contributed by atoms with Crippen LogP contribution in [0, 0.1) is 0 Å². The zero-order valence-corrected chi connectivity index (χ0v) is 13.2. The van der Waals surface area contributed by atoms with Crippen molar-refractivity contribution in [2.24, 2.45) is 0 Å². The van der Waals surface area contributed by atoms with Crippen molar-refractivity contribution in [2.75, 3.05) is 0 Å². The number of halogens is 1. The van der Waals surface area contributed by atoms with Crippen LogP contribution in [0.4, 0.5) is 0 Å². The molecular weight excluding hydrogens is 304 g/mol. The Morgan fingerprint density at radius 2 is 0.913 bits per heavy atom. The van der Waals surface area contributed by atoms with Gasteiger partial charge in [0, 0.05) is 11.1 Å². The molecule has 2 heteroatoms. The van der Waals surface area contributed by atoms with Crippen LogP contribution in [0.15, 0.2) is 84.9 Å². The first kappa shape index (κ1) is 15.3. The second-order valence-electron chi connectivity index (χ2n) is 5.38. The molecule has 0 aromatic heterocycles. The van der Waals surface area contributed by atoms with E-state index in [1.807, 2.05) is 84.9 Å². The minimum Gasteiger partial charge on any atom is -0.289 e. The van der Waals surface area contributed by atoms with Gasteiger partial charge in [0.1, 0.15) is 0 Å². The molecule has 0 spiro atoms. The molecule has 0 bridgehead atoms. The highest BCUT2D eigenvalue weighted by Crippen LogP contribution is 2.25. The first-order chi connectivity index (χ1) is 10.8. The van der Waals surface area contributed by atoms with Gasteiger partial charge in [-0.1, -0.05) is 84.9 Å². The average molecular weight is 319 g/mol. The van der Waals surface area contributed by atoms with E-state index in [9.17, 15) is 4.79 Å². The number of hydrogen-bond acceptors (Lipinski definition) is 1. The van der Waals surface area contributed by atoms with Crippen molar-refractivity contribution >= 4 is 39.7 Å². The molecule has 0 N–H and O–H groups in total. The summed E-state index contributed by atoms with van der Waals surface area (Å²) in [6.45, 7) is 0. The summed E-state index contributed by atoms with van der Waals surface area (Å²) in [6.07, 6.45) is 0. The molecule has 112 valence electrons. The zero-order chi connectivity index (χ0) is 14.9. The standard InChI is InChI=1S/C21H14O.ClH/c22-21(19-13-5-9-15-7-1-3-11-17(15)19)20-14-6-10-16-8-2-4-12-18(16)20;/h1-14H;1H. The molecule has 0 amide bonds. The van der Waals surface area contributed by atoms with E-state index < -0.39 is 0 Å². The second kappa shape index (κ2) is 6.23. The molecule has 0 radical (unpaired) electrons. The van der Waals surface area contributed by atoms with Gasteiger partial charge in [-0.3, -0.25) is 4.79 Å². The predicted octanol–water partition coefficient (Wildman–Crippen LogP) is 5.65. The van der Waals surface area contributed by atoms with E-state index >= 15 is 0 Å². The average Bonchev–Trinajstić information content (AvgIpc) is 2.60. The van der Waals surface area contributed by atoms with E-state index in [-0.39, 0.29) is 18.2 Å². The van der Waals surface area contributed by atoms with Crippen LogP contribution in [0.5, 0.6) is 0 Å². The SMILES string of the molecule is Cl.O=C(c1cccc2ccccc12)c1cccc2ccccc12. The lowest BCUT2D eigenvalue weighted by Gasteiger charge is -2.08. The minimum atomic E-state index is 0. The van der Waals surface area contributed by atoms with Gasteiger partial charge in [0.05, 0.1) is 0 Å². The van der Waals surface area contributed by atoms with Crippen LogP contribution in [-0.2, 0) is 0 Å². The monoisotopic (exact) mass is 318 g/mol. The molecule has 23 heavy (non-hydrogen) atoms. The third kappa shape index (κ3) is 2.60. The molecular formula is C21H15ClO. The second-order valence-corrected chi connectivity index (χ2v) is 5.38. The fraction of sp³-hybridized carbons (Fsp3) is 0. The summed E-state index contributed by atoms with van der Waals surface area (Å²) < 4.78 is 0. The molecule has 4 rings (SSSR count). The number of rotatable bonds is 2. The Hall–Kier alpha value is -2.64. The van der Waals surface area contributed by atoms with Gasteiger partial charge < -0.3 is 0 Å². The van der Waals surface area contributed by atoms with Crippen LogP contribution in [0.25, 0.3) is 21.5 Å². The summed E-state index contributed by atoms with van der Waals surface area (Å²) in [5.41, 5.74) is 1.52. The fourth-order valence-corrected chi connectivity index (χ4v) is 2.99. The topological polar surface area (TPSA) is 17.1 Å². The van der Waals surface area contributed by atoms with Gasteiger partial charge in [-0.15, -0.1) is 12.4 Å². The maximum Gasteiger partial charge on any atom is 0.194 e. The van der Waals surface area contributed by atoms with Crippen LogP contribution in [0.1, 0.15) is 15.9 Å². The molecule has 0 aliphatic carbocycles. The van der Waals surface area contributed by atoms with Crippen molar-refractivity contribution in [1.82, 2.24) is 0 Å². The molecule has 0 atom stereocenters. The Bertz CT molecular complexity index is 913. The van der Waals surface area contributed by atoms with Crippen LogP contribution in [0.3, 0.4) is 0 Å². The van der Waals surface area contributed by atoms with Gasteiger partial charge >= 0.3 is 0 Å². The molecule has 0 aliphatic rings. The molecule has 0 saturated heterocycles. The van der Waals surface area contributed by atoms with Gasteiger partial charge in [-0.25, -0.2) is 0 Å². The van der Waals surface area contributed by atoms with Crippen LogP contribution in [-0.4, -0.2) is 5.78 Å². The maximum atomic E-state index is 13.1. The van der Waals surface area contributed by atoms with Crippen molar-refractivity contribution < 1.29 is 4.79 Å². The van der Waals surface area contributed by atoms with Gasteiger partial charge in [0.15, 0.2) is 5.78 Å². The lowest BCUT2D eigenvalue weighted by Crippen LogP contribution is -2.03. The molecule has 0 aliphatic heterocycles. The summed E-state index contributed by atoms with van der Waals surface area (Å²) >= 11 is 0. The fourth-order valence-electron chi connectivity index (χ4n) is 2.99.